The molecule has 0 bridgehead atoms. The molecule has 0 spiro atoms. The predicted octanol–water partition coefficient (Wildman–Crippen LogP) is 0.927. The first-order valence-corrected chi connectivity index (χ1v) is 7.36. The molecule has 0 radical (unpaired) electrons. The summed E-state index contributed by atoms with van der Waals surface area (Å²) in [6, 6.07) is -0.573. The zero-order valence-corrected chi connectivity index (χ0v) is 12.6. The fourth-order valence-electron chi connectivity index (χ4n) is 3.28. The number of rotatable bonds is 2. The first kappa shape index (κ1) is 15.1. The van der Waals surface area contributed by atoms with Crippen molar-refractivity contribution < 1.29 is 14.7 Å². The highest BCUT2D eigenvalue weighted by molar-refractivity contribution is 5.83. The number of piperidine rings is 1. The second-order valence-electron chi connectivity index (χ2n) is 6.17. The van der Waals surface area contributed by atoms with Crippen molar-refractivity contribution >= 4 is 12.0 Å². The van der Waals surface area contributed by atoms with E-state index in [2.05, 4.69) is 11.9 Å². The number of carbonyl (C=O) groups excluding carboxylic acids is 1. The number of hydrogen-bond donors (Lipinski definition) is 1. The highest BCUT2D eigenvalue weighted by Crippen LogP contribution is 2.26. The van der Waals surface area contributed by atoms with Crippen LogP contribution in [-0.4, -0.2) is 77.6 Å². The summed E-state index contributed by atoms with van der Waals surface area (Å²) in [5, 5.41) is 9.31. The third-order valence-corrected chi connectivity index (χ3v) is 4.74. The summed E-state index contributed by atoms with van der Waals surface area (Å²) in [6.07, 6.45) is 2.68. The maximum absolute atomic E-state index is 12.6. The van der Waals surface area contributed by atoms with Gasteiger partial charge < -0.3 is 19.8 Å². The van der Waals surface area contributed by atoms with Crippen LogP contribution in [0.2, 0.25) is 0 Å². The number of carboxylic acids is 1. The molecule has 6 nitrogen and oxygen atoms in total. The molecule has 6 heteroatoms. The molecule has 2 heterocycles. The van der Waals surface area contributed by atoms with E-state index in [0.717, 1.165) is 32.4 Å². The van der Waals surface area contributed by atoms with E-state index in [0.29, 0.717) is 6.54 Å². The zero-order valence-electron chi connectivity index (χ0n) is 12.6. The molecule has 2 unspecified atom stereocenters. The van der Waals surface area contributed by atoms with Gasteiger partial charge in [0.15, 0.2) is 0 Å². The molecule has 0 aromatic rings. The van der Waals surface area contributed by atoms with E-state index in [1.165, 1.54) is 4.90 Å². The Kier molecular flexibility index (Phi) is 4.52. The summed E-state index contributed by atoms with van der Waals surface area (Å²) in [4.78, 5) is 29.5. The van der Waals surface area contributed by atoms with Gasteiger partial charge in [0.2, 0.25) is 0 Å². The fraction of sp³-hybridized carbons (Fsp3) is 0.857. The van der Waals surface area contributed by atoms with Gasteiger partial charge in [-0.25, -0.2) is 9.59 Å². The maximum atomic E-state index is 12.6. The third-order valence-electron chi connectivity index (χ3n) is 4.74. The Bertz CT molecular complexity index is 380. The van der Waals surface area contributed by atoms with Gasteiger partial charge in [-0.3, -0.25) is 0 Å². The van der Waals surface area contributed by atoms with Crippen molar-refractivity contribution in [1.82, 2.24) is 14.7 Å². The summed E-state index contributed by atoms with van der Waals surface area (Å²) in [6.45, 7) is 4.43. The SMILES string of the molecule is CC1CCN(C(=O)N(C)C2CCN(C)CC2)C1C(=O)O. The van der Waals surface area contributed by atoms with Crippen LogP contribution in [0.3, 0.4) is 0 Å². The van der Waals surface area contributed by atoms with Crippen LogP contribution in [0.25, 0.3) is 0 Å². The molecular formula is C14H25N3O3. The minimum Gasteiger partial charge on any atom is -0.480 e. The highest BCUT2D eigenvalue weighted by Gasteiger charge is 2.41. The monoisotopic (exact) mass is 283 g/mol. The van der Waals surface area contributed by atoms with E-state index >= 15 is 0 Å². The van der Waals surface area contributed by atoms with E-state index in [4.69, 9.17) is 0 Å². The van der Waals surface area contributed by atoms with Crippen LogP contribution in [0.4, 0.5) is 4.79 Å². The van der Waals surface area contributed by atoms with E-state index in [1.54, 1.807) is 11.9 Å². The Morgan fingerprint density at radius 2 is 1.75 bits per heavy atom. The van der Waals surface area contributed by atoms with Crippen molar-refractivity contribution in [2.45, 2.75) is 38.3 Å². The summed E-state index contributed by atoms with van der Waals surface area (Å²) in [5.41, 5.74) is 0. The zero-order chi connectivity index (χ0) is 14.9. The maximum Gasteiger partial charge on any atom is 0.326 e. The van der Waals surface area contributed by atoms with Crippen LogP contribution < -0.4 is 0 Å². The van der Waals surface area contributed by atoms with Crippen molar-refractivity contribution in [1.29, 1.82) is 0 Å². The van der Waals surface area contributed by atoms with Gasteiger partial charge in [0.25, 0.3) is 0 Å². The molecule has 2 atom stereocenters. The van der Waals surface area contributed by atoms with Crippen LogP contribution in [0.1, 0.15) is 26.2 Å². The quantitative estimate of drug-likeness (QED) is 0.819. The van der Waals surface area contributed by atoms with Crippen molar-refractivity contribution in [3.63, 3.8) is 0 Å². The number of aliphatic carboxylic acids is 1. The number of urea groups is 1. The van der Waals surface area contributed by atoms with Gasteiger partial charge in [0, 0.05) is 19.6 Å². The molecule has 0 aromatic carbocycles. The molecule has 1 N–H and O–H groups in total. The van der Waals surface area contributed by atoms with Gasteiger partial charge in [-0.2, -0.15) is 0 Å². The largest absolute Gasteiger partial charge is 0.480 e. The molecule has 2 saturated heterocycles. The molecule has 0 aromatic heterocycles. The third kappa shape index (κ3) is 2.90. The number of amides is 2. The number of carboxylic acid groups (broad SMARTS) is 1. The lowest BCUT2D eigenvalue weighted by molar-refractivity contribution is -0.142. The number of likely N-dealkylation sites (tertiary alicyclic amines) is 2. The van der Waals surface area contributed by atoms with E-state index in [9.17, 15) is 14.7 Å². The van der Waals surface area contributed by atoms with Gasteiger partial charge in [-0.05, 0) is 45.3 Å². The van der Waals surface area contributed by atoms with Crippen molar-refractivity contribution in [2.24, 2.45) is 5.92 Å². The van der Waals surface area contributed by atoms with Gasteiger partial charge in [-0.15, -0.1) is 0 Å². The van der Waals surface area contributed by atoms with Crippen molar-refractivity contribution in [2.75, 3.05) is 33.7 Å². The van der Waals surface area contributed by atoms with E-state index in [1.807, 2.05) is 6.92 Å². The average molecular weight is 283 g/mol. The number of hydrogen-bond acceptors (Lipinski definition) is 3. The lowest BCUT2D eigenvalue weighted by Gasteiger charge is -2.37. The predicted molar refractivity (Wildman–Crippen MR) is 75.6 cm³/mol. The first-order chi connectivity index (χ1) is 9.41. The fourth-order valence-corrected chi connectivity index (χ4v) is 3.28. The highest BCUT2D eigenvalue weighted by atomic mass is 16.4. The van der Waals surface area contributed by atoms with Crippen LogP contribution in [0.15, 0.2) is 0 Å². The second kappa shape index (κ2) is 5.99. The number of carbonyl (C=O) groups is 2. The molecule has 114 valence electrons. The van der Waals surface area contributed by atoms with Crippen LogP contribution in [0.5, 0.6) is 0 Å². The van der Waals surface area contributed by atoms with Gasteiger partial charge >= 0.3 is 12.0 Å². The summed E-state index contributed by atoms with van der Waals surface area (Å²) >= 11 is 0. The molecule has 20 heavy (non-hydrogen) atoms. The van der Waals surface area contributed by atoms with Gasteiger partial charge in [0.1, 0.15) is 6.04 Å². The Morgan fingerprint density at radius 3 is 2.30 bits per heavy atom. The Balaban J connectivity index is 2.01. The van der Waals surface area contributed by atoms with Crippen LogP contribution in [0, 0.1) is 5.92 Å². The first-order valence-electron chi connectivity index (χ1n) is 7.36. The molecule has 2 aliphatic rings. The molecule has 2 fully saturated rings. The Hall–Kier alpha value is -1.30. The minimum absolute atomic E-state index is 0.0299. The van der Waals surface area contributed by atoms with Crippen LogP contribution in [-0.2, 0) is 4.79 Å². The molecule has 0 saturated carbocycles. The summed E-state index contributed by atoms with van der Waals surface area (Å²) in [5.74, 6) is -0.859. The van der Waals surface area contributed by atoms with Crippen molar-refractivity contribution in [3.05, 3.63) is 0 Å². The Labute approximate surface area is 120 Å². The molecule has 2 aliphatic heterocycles. The topological polar surface area (TPSA) is 64.1 Å². The number of nitrogens with zero attached hydrogens (tertiary/aromatic N) is 3. The smallest absolute Gasteiger partial charge is 0.326 e. The molecule has 2 amide bonds. The lowest BCUT2D eigenvalue weighted by atomic mass is 10.0. The standard InChI is InChI=1S/C14H25N3O3/c1-10-4-9-17(12(10)13(18)19)14(20)16(3)11-5-7-15(2)8-6-11/h10-12H,4-9H2,1-3H3,(H,18,19). The lowest BCUT2D eigenvalue weighted by Crippen LogP contribution is -2.52. The molecular weight excluding hydrogens is 258 g/mol. The van der Waals surface area contributed by atoms with Gasteiger partial charge in [-0.1, -0.05) is 6.92 Å². The molecule has 0 aliphatic carbocycles. The second-order valence-corrected chi connectivity index (χ2v) is 6.17. The molecule has 2 rings (SSSR count). The van der Waals surface area contributed by atoms with E-state index < -0.39 is 12.0 Å². The van der Waals surface area contributed by atoms with Crippen LogP contribution >= 0.6 is 0 Å². The van der Waals surface area contributed by atoms with Crippen molar-refractivity contribution in [3.8, 4) is 0 Å². The van der Waals surface area contributed by atoms with Gasteiger partial charge in [0.05, 0.1) is 0 Å². The normalized spacial score (nSPS) is 28.6. The summed E-state index contributed by atoms with van der Waals surface area (Å²) in [7, 11) is 3.89. The Morgan fingerprint density at radius 1 is 1.15 bits per heavy atom. The van der Waals surface area contributed by atoms with E-state index in [-0.39, 0.29) is 18.0 Å². The summed E-state index contributed by atoms with van der Waals surface area (Å²) < 4.78 is 0. The minimum atomic E-state index is -0.889. The average Bonchev–Trinajstić information content (AvgIpc) is 2.80.